The summed E-state index contributed by atoms with van der Waals surface area (Å²) in [7, 11) is 0. The fourth-order valence-corrected chi connectivity index (χ4v) is 9.65. The van der Waals surface area contributed by atoms with Crippen molar-refractivity contribution in [1.29, 1.82) is 0 Å². The molecule has 0 spiro atoms. The molecule has 6 aromatic carbocycles. The highest BCUT2D eigenvalue weighted by molar-refractivity contribution is 6.14. The molecule has 2 atom stereocenters. The van der Waals surface area contributed by atoms with E-state index in [1.165, 1.54) is 83.1 Å². The number of allylic oxidation sites excluding steroid dienone is 2. The van der Waals surface area contributed by atoms with Crippen LogP contribution < -0.4 is 4.90 Å². The molecular weight excluding hydrogens is 595 g/mol. The third kappa shape index (κ3) is 3.33. The standard InChI is InChI=1S/C46H35N3/c1-45(2)37-18-7-11-22-43(37)48-41-24-23-29(49-42-21-10-6-16-33(42)36-17-12-13-25-46(36,49)3)26-34(41)35-27-30(28-38(45)44(35)48)47-39-19-8-4-14-31(39)32-15-5-9-20-40(32)47/h4-28,36H,1-3H3. The highest BCUT2D eigenvalue weighted by Gasteiger charge is 2.47. The van der Waals surface area contributed by atoms with E-state index in [0.717, 1.165) is 0 Å². The van der Waals surface area contributed by atoms with Crippen LogP contribution in [0.15, 0.2) is 152 Å². The molecule has 0 N–H and O–H groups in total. The molecule has 3 nitrogen and oxygen atoms in total. The van der Waals surface area contributed by atoms with Gasteiger partial charge in [0.2, 0.25) is 0 Å². The Morgan fingerprint density at radius 2 is 1.16 bits per heavy atom. The SMILES string of the molecule is CC1(C)c2ccccc2-n2c3ccc(N4c5ccccc5C5C=CC=CC54C)cc3c3cc(-n4c5ccccc5c5ccccc54)cc1c32. The smallest absolute Gasteiger partial charge is 0.0712 e. The molecule has 1 aliphatic carbocycles. The zero-order valence-electron chi connectivity index (χ0n) is 27.9. The Kier molecular flexibility index (Phi) is 5.11. The summed E-state index contributed by atoms with van der Waals surface area (Å²) in [4.78, 5) is 2.57. The number of nitrogens with zero attached hydrogens (tertiary/aromatic N) is 3. The van der Waals surface area contributed by atoms with Crippen molar-refractivity contribution in [2.24, 2.45) is 0 Å². The number of anilines is 2. The minimum atomic E-state index is -0.190. The molecule has 234 valence electrons. The Bertz CT molecular complexity index is 2730. The van der Waals surface area contributed by atoms with Gasteiger partial charge in [-0.15, -0.1) is 0 Å². The minimum Gasteiger partial charge on any atom is -0.331 e. The maximum Gasteiger partial charge on any atom is 0.0712 e. The number of para-hydroxylation sites is 4. The third-order valence-electron chi connectivity index (χ3n) is 11.9. The summed E-state index contributed by atoms with van der Waals surface area (Å²) < 4.78 is 5.01. The molecule has 0 amide bonds. The van der Waals surface area contributed by atoms with E-state index in [1.807, 2.05) is 0 Å². The summed E-state index contributed by atoms with van der Waals surface area (Å²) in [5, 5.41) is 5.14. The second-order valence-corrected chi connectivity index (χ2v) is 14.8. The Labute approximate surface area is 285 Å². The summed E-state index contributed by atoms with van der Waals surface area (Å²) >= 11 is 0. The van der Waals surface area contributed by atoms with E-state index in [9.17, 15) is 0 Å². The molecule has 2 aliphatic heterocycles. The summed E-state index contributed by atoms with van der Waals surface area (Å²) in [6, 6.07) is 47.7. The molecule has 3 heteroatoms. The van der Waals surface area contributed by atoms with Crippen LogP contribution in [0.1, 0.15) is 43.4 Å². The van der Waals surface area contributed by atoms with E-state index in [1.54, 1.807) is 0 Å². The molecule has 11 rings (SSSR count). The van der Waals surface area contributed by atoms with Gasteiger partial charge >= 0.3 is 0 Å². The first-order valence-corrected chi connectivity index (χ1v) is 17.4. The lowest BCUT2D eigenvalue weighted by atomic mass is 9.74. The molecule has 2 unspecified atom stereocenters. The Morgan fingerprint density at radius 3 is 1.96 bits per heavy atom. The number of aromatic nitrogens is 2. The number of benzene rings is 6. The Hall–Kier alpha value is -5.80. The first-order chi connectivity index (χ1) is 23.9. The van der Waals surface area contributed by atoms with Crippen molar-refractivity contribution in [2.45, 2.75) is 37.6 Å². The van der Waals surface area contributed by atoms with Crippen molar-refractivity contribution >= 4 is 55.0 Å². The second kappa shape index (κ2) is 9.21. The van der Waals surface area contributed by atoms with Gasteiger partial charge < -0.3 is 14.0 Å². The Morgan fingerprint density at radius 1 is 0.510 bits per heavy atom. The highest BCUT2D eigenvalue weighted by atomic mass is 15.2. The number of hydrogen-bond donors (Lipinski definition) is 0. The van der Waals surface area contributed by atoms with E-state index in [-0.39, 0.29) is 11.0 Å². The predicted molar refractivity (Wildman–Crippen MR) is 205 cm³/mol. The van der Waals surface area contributed by atoms with Gasteiger partial charge in [-0.25, -0.2) is 0 Å². The van der Waals surface area contributed by atoms with Crippen LogP contribution >= 0.6 is 0 Å². The van der Waals surface area contributed by atoms with Crippen LogP contribution in [0.2, 0.25) is 0 Å². The lowest BCUT2D eigenvalue weighted by Crippen LogP contribution is -2.41. The zero-order valence-corrected chi connectivity index (χ0v) is 27.9. The highest BCUT2D eigenvalue weighted by Crippen LogP contribution is 2.55. The quantitative estimate of drug-likeness (QED) is 0.185. The molecule has 2 aromatic heterocycles. The van der Waals surface area contributed by atoms with E-state index in [0.29, 0.717) is 5.92 Å². The average Bonchev–Trinajstić information content (AvgIpc) is 3.73. The molecule has 0 radical (unpaired) electrons. The molecule has 0 fully saturated rings. The van der Waals surface area contributed by atoms with E-state index in [2.05, 4.69) is 187 Å². The van der Waals surface area contributed by atoms with Gasteiger partial charge in [-0.05, 0) is 78.2 Å². The molecule has 8 aromatic rings. The molecular formula is C46H35N3. The van der Waals surface area contributed by atoms with Crippen LogP contribution in [-0.4, -0.2) is 14.7 Å². The molecule has 49 heavy (non-hydrogen) atoms. The van der Waals surface area contributed by atoms with Gasteiger partial charge in [0.05, 0.1) is 33.3 Å². The van der Waals surface area contributed by atoms with E-state index >= 15 is 0 Å². The van der Waals surface area contributed by atoms with Crippen molar-refractivity contribution in [1.82, 2.24) is 9.13 Å². The topological polar surface area (TPSA) is 13.1 Å². The molecule has 4 heterocycles. The summed E-state index contributed by atoms with van der Waals surface area (Å²) in [5.41, 5.74) is 13.7. The summed E-state index contributed by atoms with van der Waals surface area (Å²) in [6.07, 6.45) is 9.17. The molecule has 0 bridgehead atoms. The largest absolute Gasteiger partial charge is 0.331 e. The van der Waals surface area contributed by atoms with E-state index in [4.69, 9.17) is 0 Å². The van der Waals surface area contributed by atoms with Crippen LogP contribution in [0.25, 0.3) is 55.0 Å². The maximum atomic E-state index is 2.57. The average molecular weight is 630 g/mol. The van der Waals surface area contributed by atoms with Crippen molar-refractivity contribution in [3.05, 3.63) is 168 Å². The number of rotatable bonds is 2. The molecule has 0 saturated carbocycles. The van der Waals surface area contributed by atoms with Crippen molar-refractivity contribution < 1.29 is 0 Å². The lowest BCUT2D eigenvalue weighted by molar-refractivity contribution is 0.542. The monoisotopic (exact) mass is 629 g/mol. The van der Waals surface area contributed by atoms with Gasteiger partial charge in [-0.1, -0.05) is 111 Å². The fourth-order valence-electron chi connectivity index (χ4n) is 9.65. The maximum absolute atomic E-state index is 2.57. The van der Waals surface area contributed by atoms with Crippen LogP contribution in [-0.2, 0) is 5.41 Å². The first-order valence-electron chi connectivity index (χ1n) is 17.4. The van der Waals surface area contributed by atoms with Crippen LogP contribution in [0, 0.1) is 0 Å². The second-order valence-electron chi connectivity index (χ2n) is 14.8. The normalized spacial score (nSPS) is 20.0. The van der Waals surface area contributed by atoms with Crippen LogP contribution in [0.5, 0.6) is 0 Å². The molecule has 3 aliphatic rings. The van der Waals surface area contributed by atoms with Crippen molar-refractivity contribution in [2.75, 3.05) is 4.90 Å². The first kappa shape index (κ1) is 27.2. The third-order valence-corrected chi connectivity index (χ3v) is 11.9. The van der Waals surface area contributed by atoms with Crippen LogP contribution in [0.3, 0.4) is 0 Å². The lowest BCUT2D eigenvalue weighted by Gasteiger charge is -2.39. The van der Waals surface area contributed by atoms with Gasteiger partial charge in [0, 0.05) is 49.9 Å². The number of fused-ring (bicyclic) bond motifs is 11. The predicted octanol–water partition coefficient (Wildman–Crippen LogP) is 11.6. The number of hydrogen-bond acceptors (Lipinski definition) is 1. The van der Waals surface area contributed by atoms with Crippen molar-refractivity contribution in [3.63, 3.8) is 0 Å². The zero-order chi connectivity index (χ0) is 32.6. The van der Waals surface area contributed by atoms with Gasteiger partial charge in [-0.2, -0.15) is 0 Å². The van der Waals surface area contributed by atoms with Gasteiger partial charge in [0.1, 0.15) is 0 Å². The summed E-state index contributed by atoms with van der Waals surface area (Å²) in [6.45, 7) is 7.18. The van der Waals surface area contributed by atoms with Gasteiger partial charge in [-0.3, -0.25) is 0 Å². The molecule has 0 saturated heterocycles. The Balaban J connectivity index is 1.26. The minimum absolute atomic E-state index is 0.188. The van der Waals surface area contributed by atoms with Crippen molar-refractivity contribution in [3.8, 4) is 11.4 Å². The van der Waals surface area contributed by atoms with E-state index < -0.39 is 0 Å². The van der Waals surface area contributed by atoms with Gasteiger partial charge in [0.25, 0.3) is 0 Å². The fraction of sp³-hybridized carbons (Fsp3) is 0.130. The van der Waals surface area contributed by atoms with Gasteiger partial charge in [0.15, 0.2) is 0 Å². The van der Waals surface area contributed by atoms with Crippen LogP contribution in [0.4, 0.5) is 11.4 Å². The summed E-state index contributed by atoms with van der Waals surface area (Å²) in [5.74, 6) is 0.300.